The van der Waals surface area contributed by atoms with Gasteiger partial charge in [0, 0.05) is 0 Å². The molecular weight excluding hydrogens is 198 g/mol. The maximum absolute atomic E-state index is 10.5. The number of hydrogen-bond acceptors (Lipinski definition) is 2. The highest BCUT2D eigenvalue weighted by atomic mass is 16.3. The first kappa shape index (κ1) is 13.2. The minimum absolute atomic E-state index is 0.729. The van der Waals surface area contributed by atoms with Crippen molar-refractivity contribution in [3.05, 3.63) is 34.4 Å². The topological polar surface area (TPSA) is 32.3 Å². The molecule has 0 aliphatic rings. The largest absolute Gasteiger partial charge is 0.385 e. The zero-order valence-corrected chi connectivity index (χ0v) is 11.0. The van der Waals surface area contributed by atoms with Gasteiger partial charge in [-0.15, -0.1) is 0 Å². The molecule has 0 aromatic heterocycles. The van der Waals surface area contributed by atoms with Gasteiger partial charge in [-0.1, -0.05) is 12.1 Å². The van der Waals surface area contributed by atoms with Gasteiger partial charge in [-0.3, -0.25) is 0 Å². The highest BCUT2D eigenvalue weighted by Crippen LogP contribution is 2.29. The number of hydrogen-bond donors (Lipinski definition) is 2. The van der Waals surface area contributed by atoms with Gasteiger partial charge in [0.05, 0.1) is 5.60 Å². The summed E-state index contributed by atoms with van der Waals surface area (Å²) in [4.78, 5) is 0. The summed E-state index contributed by atoms with van der Waals surface area (Å²) >= 11 is 0. The fourth-order valence-corrected chi connectivity index (χ4v) is 2.04. The van der Waals surface area contributed by atoms with Gasteiger partial charge in [-0.25, -0.2) is 0 Å². The summed E-state index contributed by atoms with van der Waals surface area (Å²) in [7, 11) is 1.91. The molecule has 0 aliphatic heterocycles. The van der Waals surface area contributed by atoms with Crippen LogP contribution >= 0.6 is 0 Å². The first-order valence-electron chi connectivity index (χ1n) is 5.84. The second-order valence-electron chi connectivity index (χ2n) is 4.88. The number of nitrogens with one attached hydrogen (secondary N) is 1. The Kier molecular flexibility index (Phi) is 4.11. The van der Waals surface area contributed by atoms with Crippen LogP contribution in [0.4, 0.5) is 0 Å². The lowest BCUT2D eigenvalue weighted by molar-refractivity contribution is 0.0478. The van der Waals surface area contributed by atoms with Gasteiger partial charge in [0.25, 0.3) is 0 Å². The van der Waals surface area contributed by atoms with Crippen molar-refractivity contribution in [3.63, 3.8) is 0 Å². The molecule has 1 rings (SSSR count). The molecule has 2 N–H and O–H groups in total. The van der Waals surface area contributed by atoms with E-state index in [4.69, 9.17) is 0 Å². The molecule has 90 valence electrons. The van der Waals surface area contributed by atoms with Crippen LogP contribution in [0.25, 0.3) is 0 Å². The van der Waals surface area contributed by atoms with E-state index in [0.717, 1.165) is 18.5 Å². The summed E-state index contributed by atoms with van der Waals surface area (Å²) < 4.78 is 0. The standard InChI is InChI=1S/C14H23NO/c1-10-8-12(3)13(9-11(10)2)14(4,16)6-7-15-5/h8-9,15-16H,6-7H2,1-5H3. The summed E-state index contributed by atoms with van der Waals surface area (Å²) in [5, 5.41) is 13.6. The SMILES string of the molecule is CNCCC(C)(O)c1cc(C)c(C)cc1C. The van der Waals surface area contributed by atoms with Crippen LogP contribution in [0.3, 0.4) is 0 Å². The van der Waals surface area contributed by atoms with E-state index in [9.17, 15) is 5.11 Å². The molecule has 2 nitrogen and oxygen atoms in total. The van der Waals surface area contributed by atoms with E-state index in [1.165, 1.54) is 16.7 Å². The Labute approximate surface area is 98.7 Å². The lowest BCUT2D eigenvalue weighted by Crippen LogP contribution is -2.27. The maximum Gasteiger partial charge on any atom is 0.0883 e. The second-order valence-corrected chi connectivity index (χ2v) is 4.88. The minimum atomic E-state index is -0.744. The predicted molar refractivity (Wildman–Crippen MR) is 68.8 cm³/mol. The number of rotatable bonds is 4. The Morgan fingerprint density at radius 3 is 2.25 bits per heavy atom. The van der Waals surface area contributed by atoms with Crippen LogP contribution in [-0.4, -0.2) is 18.7 Å². The molecule has 0 bridgehead atoms. The summed E-state index contributed by atoms with van der Waals surface area (Å²) in [6.45, 7) is 8.97. The molecule has 1 atom stereocenters. The Hall–Kier alpha value is -0.860. The Morgan fingerprint density at radius 1 is 1.12 bits per heavy atom. The highest BCUT2D eigenvalue weighted by Gasteiger charge is 2.24. The van der Waals surface area contributed by atoms with E-state index < -0.39 is 5.60 Å². The lowest BCUT2D eigenvalue weighted by atomic mass is 9.87. The molecule has 0 saturated heterocycles. The van der Waals surface area contributed by atoms with Gasteiger partial charge in [-0.2, -0.15) is 0 Å². The van der Waals surface area contributed by atoms with Crippen LogP contribution < -0.4 is 5.32 Å². The smallest absolute Gasteiger partial charge is 0.0883 e. The van der Waals surface area contributed by atoms with Crippen molar-refractivity contribution in [1.29, 1.82) is 0 Å². The fraction of sp³-hybridized carbons (Fsp3) is 0.571. The quantitative estimate of drug-likeness (QED) is 0.818. The summed E-state index contributed by atoms with van der Waals surface area (Å²) in [5.41, 5.74) is 4.00. The van der Waals surface area contributed by atoms with E-state index in [1.54, 1.807) is 0 Å². The Morgan fingerprint density at radius 2 is 1.69 bits per heavy atom. The Balaban J connectivity index is 3.07. The van der Waals surface area contributed by atoms with Gasteiger partial charge < -0.3 is 10.4 Å². The third-order valence-corrected chi connectivity index (χ3v) is 3.28. The molecule has 0 radical (unpaired) electrons. The number of benzene rings is 1. The van der Waals surface area contributed by atoms with Gasteiger partial charge in [0.1, 0.15) is 0 Å². The number of aliphatic hydroxyl groups is 1. The summed E-state index contributed by atoms with van der Waals surface area (Å²) in [6.07, 6.45) is 0.729. The van der Waals surface area contributed by atoms with Crippen molar-refractivity contribution in [2.45, 2.75) is 39.7 Å². The molecule has 2 heteroatoms. The molecule has 0 aliphatic carbocycles. The van der Waals surface area contributed by atoms with Crippen molar-refractivity contribution >= 4 is 0 Å². The van der Waals surface area contributed by atoms with Crippen LogP contribution in [0.15, 0.2) is 12.1 Å². The monoisotopic (exact) mass is 221 g/mol. The van der Waals surface area contributed by atoms with Gasteiger partial charge in [0.15, 0.2) is 0 Å². The fourth-order valence-electron chi connectivity index (χ4n) is 2.04. The third kappa shape index (κ3) is 2.83. The Bertz CT molecular complexity index is 369. The van der Waals surface area contributed by atoms with Crippen LogP contribution in [0, 0.1) is 20.8 Å². The van der Waals surface area contributed by atoms with Gasteiger partial charge in [-0.05, 0) is 70.0 Å². The zero-order chi connectivity index (χ0) is 12.3. The first-order valence-corrected chi connectivity index (χ1v) is 5.84. The van der Waals surface area contributed by atoms with Crippen LogP contribution in [0.2, 0.25) is 0 Å². The zero-order valence-electron chi connectivity index (χ0n) is 11.0. The van der Waals surface area contributed by atoms with Crippen molar-refractivity contribution in [1.82, 2.24) is 5.32 Å². The second kappa shape index (κ2) is 4.98. The molecule has 0 saturated carbocycles. The molecular formula is C14H23NO. The predicted octanol–water partition coefficient (Wildman–Crippen LogP) is 2.43. The third-order valence-electron chi connectivity index (χ3n) is 3.28. The molecule has 1 unspecified atom stereocenters. The molecule has 0 amide bonds. The van der Waals surface area contributed by atoms with E-state index in [1.807, 2.05) is 14.0 Å². The molecule has 0 heterocycles. The molecule has 1 aromatic carbocycles. The average Bonchev–Trinajstić information content (AvgIpc) is 2.20. The van der Waals surface area contributed by atoms with Crippen molar-refractivity contribution in [2.75, 3.05) is 13.6 Å². The van der Waals surface area contributed by atoms with E-state index >= 15 is 0 Å². The van der Waals surface area contributed by atoms with E-state index in [0.29, 0.717) is 0 Å². The summed E-state index contributed by atoms with van der Waals surface area (Å²) in [6, 6.07) is 4.26. The van der Waals surface area contributed by atoms with Crippen LogP contribution in [-0.2, 0) is 5.60 Å². The van der Waals surface area contributed by atoms with Crippen molar-refractivity contribution in [2.24, 2.45) is 0 Å². The van der Waals surface area contributed by atoms with Gasteiger partial charge >= 0.3 is 0 Å². The lowest BCUT2D eigenvalue weighted by Gasteiger charge is -2.26. The molecule has 1 aromatic rings. The first-order chi connectivity index (χ1) is 7.38. The highest BCUT2D eigenvalue weighted by molar-refractivity contribution is 5.39. The molecule has 16 heavy (non-hydrogen) atoms. The van der Waals surface area contributed by atoms with Gasteiger partial charge in [0.2, 0.25) is 0 Å². The molecule has 0 fully saturated rings. The van der Waals surface area contributed by atoms with E-state index in [2.05, 4.69) is 38.2 Å². The normalized spacial score (nSPS) is 14.9. The average molecular weight is 221 g/mol. The molecule has 0 spiro atoms. The maximum atomic E-state index is 10.5. The summed E-state index contributed by atoms with van der Waals surface area (Å²) in [5.74, 6) is 0. The minimum Gasteiger partial charge on any atom is -0.385 e. The van der Waals surface area contributed by atoms with Crippen LogP contribution in [0.5, 0.6) is 0 Å². The van der Waals surface area contributed by atoms with Crippen molar-refractivity contribution in [3.8, 4) is 0 Å². The van der Waals surface area contributed by atoms with Crippen LogP contribution in [0.1, 0.15) is 35.6 Å². The van der Waals surface area contributed by atoms with E-state index in [-0.39, 0.29) is 0 Å². The number of aryl methyl sites for hydroxylation is 3. The van der Waals surface area contributed by atoms with Crippen molar-refractivity contribution < 1.29 is 5.11 Å².